The first-order chi connectivity index (χ1) is 5.65. The zero-order valence-electron chi connectivity index (χ0n) is 7.72. The Labute approximate surface area is 72.4 Å². The minimum absolute atomic E-state index is 0.276. The van der Waals surface area contributed by atoms with Crippen LogP contribution in [0, 0.1) is 0 Å². The molecule has 0 saturated heterocycles. The van der Waals surface area contributed by atoms with E-state index in [0.29, 0.717) is 13.0 Å². The summed E-state index contributed by atoms with van der Waals surface area (Å²) < 4.78 is 9.87. The van der Waals surface area contributed by atoms with Gasteiger partial charge in [-0.15, -0.1) is 0 Å². The Morgan fingerprint density at radius 1 is 1.50 bits per heavy atom. The smallest absolute Gasteiger partial charge is 0.335 e. The molecule has 0 amide bonds. The summed E-state index contributed by atoms with van der Waals surface area (Å²) in [5.74, 6) is -0.276. The minimum atomic E-state index is -0.390. The van der Waals surface area contributed by atoms with Crippen LogP contribution in [-0.4, -0.2) is 25.8 Å². The molecule has 1 atom stereocenters. The number of carbonyl (C=O) groups is 1. The Balaban J connectivity index is 2.60. The van der Waals surface area contributed by atoms with Crippen LogP contribution in [0.2, 0.25) is 0 Å². The molecule has 3 nitrogen and oxygen atoms in total. The quantitative estimate of drug-likeness (QED) is 0.439. The van der Waals surface area contributed by atoms with Gasteiger partial charge in [0.05, 0.1) is 13.7 Å². The van der Waals surface area contributed by atoms with Gasteiger partial charge in [0.2, 0.25) is 0 Å². The molecule has 1 aliphatic heterocycles. The van der Waals surface area contributed by atoms with Gasteiger partial charge in [0.15, 0.2) is 6.10 Å². The van der Waals surface area contributed by atoms with Gasteiger partial charge in [-0.05, 0) is 19.4 Å². The fourth-order valence-corrected chi connectivity index (χ4v) is 1.14. The highest BCUT2D eigenvalue weighted by Gasteiger charge is 2.24. The molecular weight excluding hydrogens is 156 g/mol. The van der Waals surface area contributed by atoms with E-state index in [1.54, 1.807) is 0 Å². The summed E-state index contributed by atoms with van der Waals surface area (Å²) >= 11 is 0. The maximum absolute atomic E-state index is 11.0. The van der Waals surface area contributed by atoms with Gasteiger partial charge in [-0.2, -0.15) is 0 Å². The van der Waals surface area contributed by atoms with Gasteiger partial charge >= 0.3 is 5.97 Å². The molecule has 0 aromatic rings. The monoisotopic (exact) mass is 170 g/mol. The number of rotatable bonds is 1. The van der Waals surface area contributed by atoms with E-state index in [2.05, 4.69) is 4.74 Å². The van der Waals surface area contributed by atoms with Gasteiger partial charge in [-0.3, -0.25) is 0 Å². The van der Waals surface area contributed by atoms with Crippen molar-refractivity contribution in [2.24, 2.45) is 0 Å². The van der Waals surface area contributed by atoms with Gasteiger partial charge in [-0.25, -0.2) is 4.79 Å². The van der Waals surface area contributed by atoms with E-state index in [9.17, 15) is 4.79 Å². The summed E-state index contributed by atoms with van der Waals surface area (Å²) in [6.07, 6.45) is 0.275. The van der Waals surface area contributed by atoms with Gasteiger partial charge in [0.1, 0.15) is 0 Å². The van der Waals surface area contributed by atoms with Crippen molar-refractivity contribution in [3.8, 4) is 0 Å². The molecule has 3 heteroatoms. The lowest BCUT2D eigenvalue weighted by molar-refractivity contribution is -0.154. The molecule has 1 heterocycles. The van der Waals surface area contributed by atoms with Crippen LogP contribution in [0.1, 0.15) is 20.3 Å². The molecular formula is C9H14O3. The highest BCUT2D eigenvalue weighted by Crippen LogP contribution is 2.20. The average Bonchev–Trinajstić information content (AvgIpc) is 2.08. The molecule has 0 radical (unpaired) electrons. The molecule has 0 spiro atoms. The lowest BCUT2D eigenvalue weighted by atomic mass is 10.0. The van der Waals surface area contributed by atoms with E-state index in [1.165, 1.54) is 18.3 Å². The summed E-state index contributed by atoms with van der Waals surface area (Å²) in [6, 6.07) is 0. The van der Waals surface area contributed by atoms with E-state index in [4.69, 9.17) is 4.74 Å². The van der Waals surface area contributed by atoms with Crippen molar-refractivity contribution in [1.82, 2.24) is 0 Å². The maximum atomic E-state index is 11.0. The van der Waals surface area contributed by atoms with E-state index in [0.717, 1.165) is 0 Å². The highest BCUT2D eigenvalue weighted by molar-refractivity contribution is 5.75. The third-order valence-electron chi connectivity index (χ3n) is 2.19. The number of hydrogen-bond acceptors (Lipinski definition) is 3. The first-order valence-electron chi connectivity index (χ1n) is 3.99. The fraction of sp³-hybridized carbons (Fsp3) is 0.667. The summed E-state index contributed by atoms with van der Waals surface area (Å²) in [4.78, 5) is 11.0. The standard InChI is InChI=1S/C9H14O3/c1-6-4-8(9(10)11-3)12-5-7(6)2/h8H,4-5H2,1-3H3/t8-/m0/s1. The summed E-state index contributed by atoms with van der Waals surface area (Å²) in [5.41, 5.74) is 2.45. The molecule has 0 aromatic carbocycles. The molecule has 0 aromatic heterocycles. The van der Waals surface area contributed by atoms with Crippen LogP contribution in [0.25, 0.3) is 0 Å². The van der Waals surface area contributed by atoms with Gasteiger partial charge in [0.25, 0.3) is 0 Å². The third-order valence-corrected chi connectivity index (χ3v) is 2.19. The Bertz CT molecular complexity index is 218. The summed E-state index contributed by atoms with van der Waals surface area (Å²) in [7, 11) is 1.38. The predicted molar refractivity (Wildman–Crippen MR) is 44.7 cm³/mol. The Morgan fingerprint density at radius 3 is 2.67 bits per heavy atom. The molecule has 0 unspecified atom stereocenters. The van der Waals surface area contributed by atoms with Gasteiger partial charge in [-0.1, -0.05) is 5.57 Å². The number of methoxy groups -OCH3 is 1. The first-order valence-corrected chi connectivity index (χ1v) is 3.99. The zero-order valence-corrected chi connectivity index (χ0v) is 7.72. The molecule has 1 aliphatic rings. The average molecular weight is 170 g/mol. The lowest BCUT2D eigenvalue weighted by Crippen LogP contribution is -2.29. The lowest BCUT2D eigenvalue weighted by Gasteiger charge is -2.22. The maximum Gasteiger partial charge on any atom is 0.335 e. The van der Waals surface area contributed by atoms with Crippen LogP contribution in [0.15, 0.2) is 11.1 Å². The van der Waals surface area contributed by atoms with Crippen molar-refractivity contribution in [3.05, 3.63) is 11.1 Å². The van der Waals surface area contributed by atoms with Crippen LogP contribution in [0.4, 0.5) is 0 Å². The van der Waals surface area contributed by atoms with Crippen LogP contribution in [0.3, 0.4) is 0 Å². The van der Waals surface area contributed by atoms with Crippen LogP contribution in [-0.2, 0) is 14.3 Å². The van der Waals surface area contributed by atoms with E-state index in [1.807, 2.05) is 13.8 Å². The molecule has 0 fully saturated rings. The van der Waals surface area contributed by atoms with Crippen LogP contribution >= 0.6 is 0 Å². The Hall–Kier alpha value is -0.830. The SMILES string of the molecule is COC(=O)[C@@H]1CC(C)=C(C)CO1. The van der Waals surface area contributed by atoms with Crippen molar-refractivity contribution >= 4 is 5.97 Å². The topological polar surface area (TPSA) is 35.5 Å². The van der Waals surface area contributed by atoms with Crippen LogP contribution in [0.5, 0.6) is 0 Å². The zero-order chi connectivity index (χ0) is 9.14. The largest absolute Gasteiger partial charge is 0.467 e. The first kappa shape index (κ1) is 9.26. The third kappa shape index (κ3) is 1.85. The number of hydrogen-bond donors (Lipinski definition) is 0. The fourth-order valence-electron chi connectivity index (χ4n) is 1.14. The van der Waals surface area contributed by atoms with Crippen molar-refractivity contribution in [1.29, 1.82) is 0 Å². The van der Waals surface area contributed by atoms with Crippen LogP contribution < -0.4 is 0 Å². The normalized spacial score (nSPS) is 24.1. The molecule has 68 valence electrons. The van der Waals surface area contributed by atoms with E-state index in [-0.39, 0.29) is 5.97 Å². The molecule has 0 saturated carbocycles. The summed E-state index contributed by atoms with van der Waals surface area (Å²) in [5, 5.41) is 0. The molecule has 0 N–H and O–H groups in total. The minimum Gasteiger partial charge on any atom is -0.467 e. The second-order valence-electron chi connectivity index (χ2n) is 3.09. The van der Waals surface area contributed by atoms with Crippen molar-refractivity contribution in [2.45, 2.75) is 26.4 Å². The van der Waals surface area contributed by atoms with Crippen molar-refractivity contribution < 1.29 is 14.3 Å². The predicted octanol–water partition coefficient (Wildman–Crippen LogP) is 1.28. The highest BCUT2D eigenvalue weighted by atomic mass is 16.6. The van der Waals surface area contributed by atoms with Gasteiger partial charge < -0.3 is 9.47 Å². The van der Waals surface area contributed by atoms with Gasteiger partial charge in [0, 0.05) is 6.42 Å². The Morgan fingerprint density at radius 2 is 2.17 bits per heavy atom. The Kier molecular flexibility index (Phi) is 2.87. The number of esters is 1. The second kappa shape index (κ2) is 3.72. The second-order valence-corrected chi connectivity index (χ2v) is 3.09. The van der Waals surface area contributed by atoms with Crippen molar-refractivity contribution in [2.75, 3.05) is 13.7 Å². The number of carbonyl (C=O) groups excluding carboxylic acids is 1. The summed E-state index contributed by atoms with van der Waals surface area (Å²) in [6.45, 7) is 4.59. The van der Waals surface area contributed by atoms with Crippen molar-refractivity contribution in [3.63, 3.8) is 0 Å². The molecule has 0 bridgehead atoms. The molecule has 0 aliphatic carbocycles. The number of ether oxygens (including phenoxy) is 2. The molecule has 1 rings (SSSR count). The van der Waals surface area contributed by atoms with E-state index < -0.39 is 6.10 Å². The molecule has 12 heavy (non-hydrogen) atoms. The van der Waals surface area contributed by atoms with E-state index >= 15 is 0 Å².